The predicted octanol–water partition coefficient (Wildman–Crippen LogP) is 1.39. The van der Waals surface area contributed by atoms with Crippen molar-refractivity contribution in [2.45, 2.75) is 26.7 Å². The number of urea groups is 1. The van der Waals surface area contributed by atoms with Crippen molar-refractivity contribution in [3.05, 3.63) is 11.6 Å². The van der Waals surface area contributed by atoms with Crippen LogP contribution in [0.25, 0.3) is 0 Å². The van der Waals surface area contributed by atoms with Gasteiger partial charge in [-0.3, -0.25) is 0 Å². The van der Waals surface area contributed by atoms with Gasteiger partial charge in [0, 0.05) is 0 Å². The predicted molar refractivity (Wildman–Crippen MR) is 52.3 cm³/mol. The summed E-state index contributed by atoms with van der Waals surface area (Å²) < 4.78 is 0. The van der Waals surface area contributed by atoms with Crippen molar-refractivity contribution in [2.24, 2.45) is 16.8 Å². The Kier molecular flexibility index (Phi) is 3.06. The first-order chi connectivity index (χ1) is 6.09. The quantitative estimate of drug-likeness (QED) is 0.590. The van der Waals surface area contributed by atoms with E-state index in [1.54, 1.807) is 0 Å². The molecule has 0 fully saturated rings. The summed E-state index contributed by atoms with van der Waals surface area (Å²) in [6.07, 6.45) is 4.12. The third kappa shape index (κ3) is 2.89. The summed E-state index contributed by atoms with van der Waals surface area (Å²) in [5.41, 5.74) is 9.22. The highest BCUT2D eigenvalue weighted by atomic mass is 16.2. The standard InChI is InChI=1S/C9H15N3O/c1-6-3-4-7(2)8(5-6)11-12-9(10)13/h4,6H,3,5H2,1-2H3,(H3,10,12,13)/b11-8-. The molecule has 0 aromatic carbocycles. The summed E-state index contributed by atoms with van der Waals surface area (Å²) in [6.45, 7) is 4.15. The summed E-state index contributed by atoms with van der Waals surface area (Å²) in [4.78, 5) is 10.4. The largest absolute Gasteiger partial charge is 0.350 e. The molecule has 1 unspecified atom stereocenters. The van der Waals surface area contributed by atoms with Crippen LogP contribution in [0.4, 0.5) is 4.79 Å². The van der Waals surface area contributed by atoms with Crippen LogP contribution in [0.2, 0.25) is 0 Å². The van der Waals surface area contributed by atoms with Crippen molar-refractivity contribution in [3.8, 4) is 0 Å². The number of carbonyl (C=O) groups excluding carboxylic acids is 1. The van der Waals surface area contributed by atoms with Gasteiger partial charge in [-0.2, -0.15) is 5.10 Å². The molecule has 4 nitrogen and oxygen atoms in total. The van der Waals surface area contributed by atoms with Gasteiger partial charge in [0.1, 0.15) is 0 Å². The summed E-state index contributed by atoms with van der Waals surface area (Å²) in [5, 5.41) is 3.94. The number of nitrogens with two attached hydrogens (primary N) is 1. The number of primary amides is 1. The first kappa shape index (κ1) is 9.77. The molecule has 0 saturated carbocycles. The van der Waals surface area contributed by atoms with E-state index >= 15 is 0 Å². The smallest absolute Gasteiger partial charge is 0.332 e. The van der Waals surface area contributed by atoms with Crippen molar-refractivity contribution >= 4 is 11.7 Å². The number of rotatable bonds is 1. The molecule has 2 amide bonds. The van der Waals surface area contributed by atoms with Gasteiger partial charge in [0.05, 0.1) is 5.71 Å². The molecule has 0 aromatic heterocycles. The number of nitrogens with zero attached hydrogens (tertiary/aromatic N) is 1. The van der Waals surface area contributed by atoms with E-state index in [-0.39, 0.29) is 0 Å². The van der Waals surface area contributed by atoms with Gasteiger partial charge in [-0.25, -0.2) is 10.2 Å². The average molecular weight is 181 g/mol. The van der Waals surface area contributed by atoms with Crippen LogP contribution in [0.15, 0.2) is 16.8 Å². The Bertz CT molecular complexity index is 268. The highest BCUT2D eigenvalue weighted by Crippen LogP contribution is 2.20. The van der Waals surface area contributed by atoms with Crippen LogP contribution >= 0.6 is 0 Å². The van der Waals surface area contributed by atoms with E-state index in [0.29, 0.717) is 5.92 Å². The third-order valence-corrected chi connectivity index (χ3v) is 2.12. The highest BCUT2D eigenvalue weighted by Gasteiger charge is 2.13. The Morgan fingerprint density at radius 1 is 1.77 bits per heavy atom. The molecule has 0 saturated heterocycles. The van der Waals surface area contributed by atoms with Crippen LogP contribution < -0.4 is 11.2 Å². The van der Waals surface area contributed by atoms with E-state index in [2.05, 4.69) is 23.5 Å². The fourth-order valence-electron chi connectivity index (χ4n) is 1.33. The second-order valence-corrected chi connectivity index (χ2v) is 3.47. The number of carbonyl (C=O) groups is 1. The minimum atomic E-state index is -0.612. The monoisotopic (exact) mass is 181 g/mol. The molecule has 13 heavy (non-hydrogen) atoms. The van der Waals surface area contributed by atoms with Gasteiger partial charge in [0.2, 0.25) is 0 Å². The van der Waals surface area contributed by atoms with E-state index in [0.717, 1.165) is 24.1 Å². The zero-order valence-corrected chi connectivity index (χ0v) is 8.00. The lowest BCUT2D eigenvalue weighted by Crippen LogP contribution is -2.27. The van der Waals surface area contributed by atoms with Gasteiger partial charge >= 0.3 is 6.03 Å². The van der Waals surface area contributed by atoms with Crippen LogP contribution in [0.1, 0.15) is 26.7 Å². The average Bonchev–Trinajstić information content (AvgIpc) is 2.06. The maximum Gasteiger partial charge on any atom is 0.332 e. The van der Waals surface area contributed by atoms with Crippen molar-refractivity contribution in [2.75, 3.05) is 0 Å². The van der Waals surface area contributed by atoms with Crippen LogP contribution in [0, 0.1) is 5.92 Å². The molecule has 1 atom stereocenters. The second-order valence-electron chi connectivity index (χ2n) is 3.47. The Morgan fingerprint density at radius 2 is 2.46 bits per heavy atom. The van der Waals surface area contributed by atoms with E-state index in [1.165, 1.54) is 0 Å². The Hall–Kier alpha value is -1.32. The van der Waals surface area contributed by atoms with Crippen LogP contribution in [0.5, 0.6) is 0 Å². The molecule has 0 heterocycles. The molecule has 0 aliphatic heterocycles. The fourth-order valence-corrected chi connectivity index (χ4v) is 1.33. The summed E-state index contributed by atoms with van der Waals surface area (Å²) in [5.74, 6) is 0.595. The molecule has 1 aliphatic carbocycles. The Morgan fingerprint density at radius 3 is 3.08 bits per heavy atom. The van der Waals surface area contributed by atoms with Gasteiger partial charge in [0.25, 0.3) is 0 Å². The Balaban J connectivity index is 2.67. The Labute approximate surface area is 77.9 Å². The maximum atomic E-state index is 10.4. The summed E-state index contributed by atoms with van der Waals surface area (Å²) in [6, 6.07) is -0.612. The molecular weight excluding hydrogens is 166 g/mol. The van der Waals surface area contributed by atoms with Gasteiger partial charge in [-0.1, -0.05) is 13.0 Å². The number of hydrazone groups is 1. The van der Waals surface area contributed by atoms with Crippen molar-refractivity contribution in [1.82, 2.24) is 5.43 Å². The number of hydrogen-bond acceptors (Lipinski definition) is 2. The zero-order valence-electron chi connectivity index (χ0n) is 8.00. The minimum absolute atomic E-state index is 0.595. The number of hydrogen-bond donors (Lipinski definition) is 2. The lowest BCUT2D eigenvalue weighted by molar-refractivity contribution is 0.249. The maximum absolute atomic E-state index is 10.4. The highest BCUT2D eigenvalue weighted by molar-refractivity contribution is 6.00. The number of allylic oxidation sites excluding steroid dienone is 2. The van der Waals surface area contributed by atoms with Gasteiger partial charge in [0.15, 0.2) is 0 Å². The van der Waals surface area contributed by atoms with E-state index in [4.69, 9.17) is 5.73 Å². The van der Waals surface area contributed by atoms with E-state index < -0.39 is 6.03 Å². The topological polar surface area (TPSA) is 67.5 Å². The van der Waals surface area contributed by atoms with E-state index in [9.17, 15) is 4.79 Å². The molecule has 4 heteroatoms. The number of amides is 2. The van der Waals surface area contributed by atoms with Crippen LogP contribution in [-0.4, -0.2) is 11.7 Å². The third-order valence-electron chi connectivity index (χ3n) is 2.12. The molecule has 0 spiro atoms. The van der Waals surface area contributed by atoms with Crippen molar-refractivity contribution < 1.29 is 4.79 Å². The SMILES string of the molecule is CC1=CCC(C)C/C1=N/NC(N)=O. The first-order valence-electron chi connectivity index (χ1n) is 4.38. The van der Waals surface area contributed by atoms with Crippen molar-refractivity contribution in [1.29, 1.82) is 0 Å². The van der Waals surface area contributed by atoms with Gasteiger partial charge in [-0.15, -0.1) is 0 Å². The molecule has 1 rings (SSSR count). The molecular formula is C9H15N3O. The lowest BCUT2D eigenvalue weighted by Gasteiger charge is -2.17. The van der Waals surface area contributed by atoms with Gasteiger partial charge in [-0.05, 0) is 31.3 Å². The molecule has 0 aromatic rings. The molecule has 1 aliphatic rings. The molecule has 0 bridgehead atoms. The van der Waals surface area contributed by atoms with Crippen LogP contribution in [0.3, 0.4) is 0 Å². The van der Waals surface area contributed by atoms with E-state index in [1.807, 2.05) is 6.92 Å². The van der Waals surface area contributed by atoms with Gasteiger partial charge < -0.3 is 5.73 Å². The number of nitrogens with one attached hydrogen (secondary N) is 1. The summed E-state index contributed by atoms with van der Waals surface area (Å²) >= 11 is 0. The minimum Gasteiger partial charge on any atom is -0.350 e. The zero-order chi connectivity index (χ0) is 9.84. The normalized spacial score (nSPS) is 25.5. The van der Waals surface area contributed by atoms with Crippen molar-refractivity contribution in [3.63, 3.8) is 0 Å². The summed E-state index contributed by atoms with van der Waals surface area (Å²) in [7, 11) is 0. The van der Waals surface area contributed by atoms with Crippen LogP contribution in [-0.2, 0) is 0 Å². The lowest BCUT2D eigenvalue weighted by atomic mass is 9.90. The molecule has 3 N–H and O–H groups in total. The second kappa shape index (κ2) is 4.07. The fraction of sp³-hybridized carbons (Fsp3) is 0.556. The molecule has 0 radical (unpaired) electrons. The first-order valence-corrected chi connectivity index (χ1v) is 4.38. The molecule has 72 valence electrons.